The molecule has 0 aliphatic heterocycles. The molecule has 0 aliphatic carbocycles. The molecule has 1 unspecified atom stereocenters. The van der Waals surface area contributed by atoms with E-state index < -0.39 is 21.9 Å². The fourth-order valence-electron chi connectivity index (χ4n) is 0.228. The third kappa shape index (κ3) is 3.40. The SMILES string of the molecule is O=NC(F)(Cl)C(F)(F)OS(=O)(=O)F. The van der Waals surface area contributed by atoms with E-state index in [2.05, 4.69) is 15.8 Å². The first-order chi connectivity index (χ1) is 5.52. The van der Waals surface area contributed by atoms with Crippen LogP contribution in [0.1, 0.15) is 0 Å². The topological polar surface area (TPSA) is 72.8 Å². The van der Waals surface area contributed by atoms with Gasteiger partial charge in [-0.3, -0.25) is 0 Å². The Bertz CT molecular complexity index is 301. The van der Waals surface area contributed by atoms with Gasteiger partial charge in [0, 0.05) is 0 Å². The minimum Gasteiger partial charge on any atom is -0.185 e. The molecule has 0 bridgehead atoms. The van der Waals surface area contributed by atoms with Gasteiger partial charge in [-0.05, 0) is 16.8 Å². The van der Waals surface area contributed by atoms with Crippen LogP contribution in [0.2, 0.25) is 0 Å². The van der Waals surface area contributed by atoms with Crippen LogP contribution >= 0.6 is 11.6 Å². The summed E-state index contributed by atoms with van der Waals surface area (Å²) in [4.78, 5) is 9.32. The molecule has 0 amide bonds. The smallest absolute Gasteiger partial charge is 0.185 e. The van der Waals surface area contributed by atoms with E-state index in [4.69, 9.17) is 0 Å². The first-order valence-electron chi connectivity index (χ1n) is 2.27. The summed E-state index contributed by atoms with van der Waals surface area (Å²) in [6, 6.07) is 0. The highest BCUT2D eigenvalue weighted by Gasteiger charge is 2.61. The summed E-state index contributed by atoms with van der Waals surface area (Å²) in [5.74, 6) is 0. The van der Waals surface area contributed by atoms with Crippen LogP contribution in [0, 0.1) is 4.91 Å². The van der Waals surface area contributed by atoms with Gasteiger partial charge in [0.2, 0.25) is 0 Å². The van der Waals surface area contributed by atoms with Crippen molar-refractivity contribution >= 4 is 22.1 Å². The number of alkyl halides is 4. The number of halogens is 5. The molecule has 13 heavy (non-hydrogen) atoms. The van der Waals surface area contributed by atoms with Crippen molar-refractivity contribution < 1.29 is 29.7 Å². The van der Waals surface area contributed by atoms with Gasteiger partial charge in [-0.2, -0.15) is 25.8 Å². The van der Waals surface area contributed by atoms with Gasteiger partial charge in [0.15, 0.2) is 0 Å². The Kier molecular flexibility index (Phi) is 3.22. The van der Waals surface area contributed by atoms with E-state index in [0.29, 0.717) is 0 Å². The van der Waals surface area contributed by atoms with Crippen LogP contribution in [-0.2, 0) is 14.7 Å². The summed E-state index contributed by atoms with van der Waals surface area (Å²) in [5.41, 5.74) is 0. The first-order valence-corrected chi connectivity index (χ1v) is 3.96. The lowest BCUT2D eigenvalue weighted by molar-refractivity contribution is -0.232. The van der Waals surface area contributed by atoms with Crippen molar-refractivity contribution in [3.63, 3.8) is 0 Å². The van der Waals surface area contributed by atoms with Crippen molar-refractivity contribution in [2.75, 3.05) is 0 Å². The molecule has 78 valence electrons. The van der Waals surface area contributed by atoms with Crippen molar-refractivity contribution in [2.45, 2.75) is 11.4 Å². The van der Waals surface area contributed by atoms with Crippen LogP contribution < -0.4 is 0 Å². The lowest BCUT2D eigenvalue weighted by atomic mass is 10.6. The largest absolute Gasteiger partial charge is 0.444 e. The predicted octanol–water partition coefficient (Wildman–Crippen LogP) is 1.44. The average molecular weight is 246 g/mol. The van der Waals surface area contributed by atoms with Gasteiger partial charge in [-0.25, -0.2) is 0 Å². The van der Waals surface area contributed by atoms with Crippen molar-refractivity contribution in [2.24, 2.45) is 5.18 Å². The lowest BCUT2D eigenvalue weighted by Crippen LogP contribution is -2.40. The summed E-state index contributed by atoms with van der Waals surface area (Å²) >= 11 is 4.07. The van der Waals surface area contributed by atoms with E-state index in [9.17, 15) is 30.4 Å². The molecule has 0 rings (SSSR count). The zero-order valence-electron chi connectivity index (χ0n) is 5.38. The number of hydrogen-bond donors (Lipinski definition) is 0. The normalized spacial score (nSPS) is 17.9. The van der Waals surface area contributed by atoms with E-state index in [1.807, 2.05) is 0 Å². The molecule has 0 aromatic heterocycles. The maximum atomic E-state index is 12.1. The summed E-state index contributed by atoms with van der Waals surface area (Å²) < 4.78 is 68.9. The monoisotopic (exact) mass is 245 g/mol. The zero-order chi connectivity index (χ0) is 10.9. The fourth-order valence-corrected chi connectivity index (χ4v) is 0.673. The molecule has 0 saturated heterocycles. The minimum absolute atomic E-state index is 1.02. The molecule has 1 atom stereocenters. The highest BCUT2D eigenvalue weighted by atomic mass is 35.5. The van der Waals surface area contributed by atoms with E-state index in [1.165, 1.54) is 0 Å². The molecule has 11 heteroatoms. The highest BCUT2D eigenvalue weighted by Crippen LogP contribution is 2.39. The van der Waals surface area contributed by atoms with Gasteiger partial charge in [0.1, 0.15) is 0 Å². The quantitative estimate of drug-likeness (QED) is 0.247. The standard InChI is InChI=1S/C2ClF4NO4S/c3-1(4,8-9)2(5,6)12-13(7,10)11. The Hall–Kier alpha value is -0.480. The molecule has 0 aliphatic rings. The van der Waals surface area contributed by atoms with Gasteiger partial charge >= 0.3 is 21.9 Å². The molecule has 0 N–H and O–H groups in total. The van der Waals surface area contributed by atoms with E-state index >= 15 is 0 Å². The second-order valence-corrected chi connectivity index (χ2v) is 3.08. The van der Waals surface area contributed by atoms with Gasteiger partial charge < -0.3 is 0 Å². The zero-order valence-corrected chi connectivity index (χ0v) is 6.95. The van der Waals surface area contributed by atoms with Gasteiger partial charge in [-0.1, -0.05) is 3.89 Å². The molecule has 5 nitrogen and oxygen atoms in total. The maximum Gasteiger partial charge on any atom is 0.444 e. The summed E-state index contributed by atoms with van der Waals surface area (Å²) in [6.45, 7) is 0. The molecular formula is C2ClF4NO4S. The average Bonchev–Trinajstić information content (AvgIpc) is 1.81. The van der Waals surface area contributed by atoms with Crippen LogP contribution in [0.4, 0.5) is 17.1 Å². The summed E-state index contributed by atoms with van der Waals surface area (Å²) in [5, 5.41) is -3.67. The predicted molar refractivity (Wildman–Crippen MR) is 31.5 cm³/mol. The van der Waals surface area contributed by atoms with Crippen LogP contribution in [-0.4, -0.2) is 19.8 Å². The molecule has 0 radical (unpaired) electrons. The maximum absolute atomic E-state index is 12.1. The summed E-state index contributed by atoms with van der Waals surface area (Å²) in [6.07, 6.45) is -5.41. The molecular weight excluding hydrogens is 246 g/mol. The Morgan fingerprint density at radius 3 is 1.92 bits per heavy atom. The molecule has 0 aromatic rings. The highest BCUT2D eigenvalue weighted by molar-refractivity contribution is 7.81. The number of hydrogen-bond acceptors (Lipinski definition) is 5. The van der Waals surface area contributed by atoms with E-state index in [0.717, 1.165) is 5.18 Å². The van der Waals surface area contributed by atoms with Crippen molar-refractivity contribution in [3.05, 3.63) is 4.91 Å². The molecule has 0 spiro atoms. The third-order valence-corrected chi connectivity index (χ3v) is 1.37. The number of rotatable bonds is 4. The van der Waals surface area contributed by atoms with Crippen molar-refractivity contribution in [1.29, 1.82) is 0 Å². The second kappa shape index (κ2) is 3.35. The molecule has 0 aromatic carbocycles. The Balaban J connectivity index is 4.88. The van der Waals surface area contributed by atoms with Gasteiger partial charge in [0.25, 0.3) is 0 Å². The Morgan fingerprint density at radius 1 is 1.31 bits per heavy atom. The van der Waals surface area contributed by atoms with Crippen LogP contribution in [0.3, 0.4) is 0 Å². The molecule has 0 saturated carbocycles. The van der Waals surface area contributed by atoms with E-state index in [-0.39, 0.29) is 0 Å². The van der Waals surface area contributed by atoms with Gasteiger partial charge in [0.05, 0.1) is 0 Å². The number of nitrogens with zero attached hydrogens (tertiary/aromatic N) is 1. The Labute approximate surface area is 74.0 Å². The van der Waals surface area contributed by atoms with Crippen LogP contribution in [0.15, 0.2) is 5.18 Å². The van der Waals surface area contributed by atoms with Gasteiger partial charge in [-0.15, -0.1) is 4.91 Å². The molecule has 0 heterocycles. The third-order valence-electron chi connectivity index (χ3n) is 0.669. The van der Waals surface area contributed by atoms with Crippen LogP contribution in [0.5, 0.6) is 0 Å². The van der Waals surface area contributed by atoms with Crippen molar-refractivity contribution in [1.82, 2.24) is 0 Å². The lowest BCUT2D eigenvalue weighted by Gasteiger charge is -2.18. The fraction of sp³-hybridized carbons (Fsp3) is 1.00. The van der Waals surface area contributed by atoms with E-state index in [1.54, 1.807) is 0 Å². The van der Waals surface area contributed by atoms with Crippen LogP contribution in [0.25, 0.3) is 0 Å². The Morgan fingerprint density at radius 2 is 1.69 bits per heavy atom. The minimum atomic E-state index is -6.15. The summed E-state index contributed by atoms with van der Waals surface area (Å²) in [7, 11) is -6.15. The second-order valence-electron chi connectivity index (χ2n) is 1.63. The van der Waals surface area contributed by atoms with Crippen molar-refractivity contribution in [3.8, 4) is 0 Å². The molecule has 0 fully saturated rings. The number of nitroso groups, excluding NO2 is 1. The first kappa shape index (κ1) is 12.5.